The molecule has 5 rings (SSSR count). The van der Waals surface area contributed by atoms with Crippen molar-refractivity contribution in [3.63, 3.8) is 0 Å². The molecule has 4 aromatic rings. The maximum absolute atomic E-state index is 12.8. The van der Waals surface area contributed by atoms with Gasteiger partial charge in [-0.25, -0.2) is 4.98 Å². The van der Waals surface area contributed by atoms with E-state index in [9.17, 15) is 4.79 Å². The molecule has 1 aliphatic heterocycles. The maximum Gasteiger partial charge on any atom is 0.251 e. The number of fused-ring (bicyclic) bond motifs is 1. The highest BCUT2D eigenvalue weighted by atomic mass is 35.5. The van der Waals surface area contributed by atoms with Crippen LogP contribution in [0.25, 0.3) is 22.2 Å². The first-order valence-electron chi connectivity index (χ1n) is 10.0. The van der Waals surface area contributed by atoms with Crippen molar-refractivity contribution in [3.05, 3.63) is 81.0 Å². The normalized spacial score (nSPS) is 14.3. The monoisotopic (exact) mass is 454 g/mol. The van der Waals surface area contributed by atoms with Gasteiger partial charge in [0.05, 0.1) is 41.7 Å². The quantitative estimate of drug-likeness (QED) is 0.489. The van der Waals surface area contributed by atoms with Crippen molar-refractivity contribution >= 4 is 39.9 Å². The van der Waals surface area contributed by atoms with Gasteiger partial charge >= 0.3 is 0 Å². The number of aromatic amines is 1. The van der Waals surface area contributed by atoms with Gasteiger partial charge in [0, 0.05) is 42.5 Å². The molecule has 0 unspecified atom stereocenters. The third-order valence-corrected chi connectivity index (χ3v) is 6.28. The molecule has 1 aromatic carbocycles. The van der Waals surface area contributed by atoms with Crippen molar-refractivity contribution in [2.45, 2.75) is 6.54 Å². The van der Waals surface area contributed by atoms with E-state index < -0.39 is 0 Å². The van der Waals surface area contributed by atoms with E-state index in [-0.39, 0.29) is 5.56 Å². The molecule has 8 heteroatoms. The van der Waals surface area contributed by atoms with Crippen LogP contribution in [0.4, 0.5) is 5.69 Å². The Hall–Kier alpha value is -2.80. The number of ether oxygens (including phenoxy) is 1. The molecule has 0 atom stereocenters. The van der Waals surface area contributed by atoms with Crippen LogP contribution in [0.3, 0.4) is 0 Å². The molecule has 0 radical (unpaired) electrons. The Bertz CT molecular complexity index is 1310. The van der Waals surface area contributed by atoms with Crippen LogP contribution in [0.2, 0.25) is 10.0 Å². The van der Waals surface area contributed by atoms with E-state index in [2.05, 4.69) is 20.9 Å². The minimum atomic E-state index is -0.0878. The second-order valence-corrected chi connectivity index (χ2v) is 8.34. The summed E-state index contributed by atoms with van der Waals surface area (Å²) in [5.74, 6) is 0. The summed E-state index contributed by atoms with van der Waals surface area (Å²) in [4.78, 5) is 22.8. The summed E-state index contributed by atoms with van der Waals surface area (Å²) in [5.41, 5.74) is 4.49. The number of nitrogens with one attached hydrogen (secondary N) is 1. The minimum absolute atomic E-state index is 0.0878. The molecule has 3 aromatic heterocycles. The van der Waals surface area contributed by atoms with E-state index in [1.807, 2.05) is 24.5 Å². The summed E-state index contributed by atoms with van der Waals surface area (Å²) >= 11 is 12.1. The van der Waals surface area contributed by atoms with Crippen LogP contribution in [0.1, 0.15) is 5.56 Å². The molecule has 158 valence electrons. The topological polar surface area (TPSA) is 63.1 Å². The van der Waals surface area contributed by atoms with Crippen LogP contribution in [0.15, 0.2) is 59.8 Å². The fraction of sp³-hybridized carbons (Fsp3) is 0.217. The zero-order valence-corrected chi connectivity index (χ0v) is 18.2. The smallest absolute Gasteiger partial charge is 0.251 e. The van der Waals surface area contributed by atoms with E-state index >= 15 is 0 Å². The first kappa shape index (κ1) is 20.1. The molecule has 0 amide bonds. The number of morpholine rings is 1. The lowest BCUT2D eigenvalue weighted by Gasteiger charge is -2.28. The molecule has 4 heterocycles. The lowest BCUT2D eigenvalue weighted by atomic mass is 10.1. The van der Waals surface area contributed by atoms with Crippen LogP contribution in [0, 0.1) is 0 Å². The molecular formula is C23H20Cl2N4O2. The molecule has 0 bridgehead atoms. The number of hydrogen-bond donors (Lipinski definition) is 1. The van der Waals surface area contributed by atoms with Gasteiger partial charge < -0.3 is 19.2 Å². The highest BCUT2D eigenvalue weighted by molar-refractivity contribution is 6.42. The van der Waals surface area contributed by atoms with Crippen LogP contribution in [-0.4, -0.2) is 40.8 Å². The Morgan fingerprint density at radius 1 is 1.06 bits per heavy atom. The zero-order valence-electron chi connectivity index (χ0n) is 16.6. The number of nitrogens with zero attached hydrogens (tertiary/aromatic N) is 3. The van der Waals surface area contributed by atoms with Gasteiger partial charge in [-0.3, -0.25) is 4.79 Å². The Kier molecular flexibility index (Phi) is 5.44. The van der Waals surface area contributed by atoms with Crippen LogP contribution < -0.4 is 10.5 Å². The molecule has 1 N–H and O–H groups in total. The van der Waals surface area contributed by atoms with Gasteiger partial charge in [0.1, 0.15) is 5.65 Å². The summed E-state index contributed by atoms with van der Waals surface area (Å²) in [7, 11) is 0. The Balaban J connectivity index is 1.46. The predicted molar refractivity (Wildman–Crippen MR) is 124 cm³/mol. The molecule has 0 aliphatic carbocycles. The lowest BCUT2D eigenvalue weighted by Crippen LogP contribution is -2.36. The van der Waals surface area contributed by atoms with Gasteiger partial charge in [0.2, 0.25) is 0 Å². The van der Waals surface area contributed by atoms with E-state index in [0.29, 0.717) is 16.6 Å². The Labute approximate surface area is 189 Å². The average Bonchev–Trinajstić information content (AvgIpc) is 3.21. The molecule has 6 nitrogen and oxygen atoms in total. The van der Waals surface area contributed by atoms with Crippen molar-refractivity contribution in [1.82, 2.24) is 14.5 Å². The summed E-state index contributed by atoms with van der Waals surface area (Å²) in [6, 6.07) is 11.1. The number of H-pyrrole nitrogens is 1. The van der Waals surface area contributed by atoms with E-state index in [1.54, 1.807) is 29.0 Å². The average molecular weight is 455 g/mol. The number of rotatable bonds is 4. The number of anilines is 1. The van der Waals surface area contributed by atoms with Crippen LogP contribution >= 0.6 is 23.2 Å². The van der Waals surface area contributed by atoms with Gasteiger partial charge in [0.15, 0.2) is 0 Å². The summed E-state index contributed by atoms with van der Waals surface area (Å²) in [6.45, 7) is 3.55. The number of benzene rings is 1. The summed E-state index contributed by atoms with van der Waals surface area (Å²) in [6.07, 6.45) is 5.58. The van der Waals surface area contributed by atoms with Gasteiger partial charge in [-0.2, -0.15) is 0 Å². The van der Waals surface area contributed by atoms with Gasteiger partial charge in [-0.05, 0) is 35.4 Å². The van der Waals surface area contributed by atoms with Crippen molar-refractivity contribution < 1.29 is 4.74 Å². The third kappa shape index (κ3) is 4.06. The van der Waals surface area contributed by atoms with Gasteiger partial charge in [-0.1, -0.05) is 29.3 Å². The van der Waals surface area contributed by atoms with Gasteiger partial charge in [0.25, 0.3) is 5.56 Å². The van der Waals surface area contributed by atoms with Crippen molar-refractivity contribution in [2.24, 2.45) is 0 Å². The molecule has 1 fully saturated rings. The van der Waals surface area contributed by atoms with E-state index in [4.69, 9.17) is 27.9 Å². The second kappa shape index (κ2) is 8.38. The standard InChI is InChI=1S/C23H20Cl2N4O2/c24-20-2-1-15(9-21(20)25)14-29-4-3-16(10-22(29)30)19-13-27-23-18(19)11-17(12-26-23)28-5-7-31-8-6-28/h1-4,9-13H,5-8,14H2,(H,26,27). The van der Waals surface area contributed by atoms with Gasteiger partial charge in [-0.15, -0.1) is 0 Å². The largest absolute Gasteiger partial charge is 0.378 e. The van der Waals surface area contributed by atoms with Crippen LogP contribution in [-0.2, 0) is 11.3 Å². The third-order valence-electron chi connectivity index (χ3n) is 5.54. The second-order valence-electron chi connectivity index (χ2n) is 7.52. The highest BCUT2D eigenvalue weighted by Crippen LogP contribution is 2.30. The first-order valence-corrected chi connectivity index (χ1v) is 10.8. The van der Waals surface area contributed by atoms with Crippen molar-refractivity contribution in [2.75, 3.05) is 31.2 Å². The summed E-state index contributed by atoms with van der Waals surface area (Å²) in [5, 5.41) is 1.97. The fourth-order valence-electron chi connectivity index (χ4n) is 3.87. The zero-order chi connectivity index (χ0) is 21.4. The minimum Gasteiger partial charge on any atom is -0.378 e. The molecule has 0 spiro atoms. The Morgan fingerprint density at radius 3 is 2.68 bits per heavy atom. The SMILES string of the molecule is O=c1cc(-c2c[nH]c3ncc(N4CCOCC4)cc23)ccn1Cc1ccc(Cl)c(Cl)c1. The van der Waals surface area contributed by atoms with E-state index in [0.717, 1.165) is 59.7 Å². The molecular weight excluding hydrogens is 435 g/mol. The number of pyridine rings is 2. The predicted octanol–water partition coefficient (Wildman–Crippen LogP) is 4.58. The van der Waals surface area contributed by atoms with Crippen molar-refractivity contribution in [3.8, 4) is 11.1 Å². The molecule has 1 saturated heterocycles. The molecule has 31 heavy (non-hydrogen) atoms. The number of aromatic nitrogens is 3. The summed E-state index contributed by atoms with van der Waals surface area (Å²) < 4.78 is 7.09. The molecule has 1 aliphatic rings. The maximum atomic E-state index is 12.8. The van der Waals surface area contributed by atoms with E-state index in [1.165, 1.54) is 0 Å². The first-order chi connectivity index (χ1) is 15.1. The molecule has 0 saturated carbocycles. The number of halogens is 2. The highest BCUT2D eigenvalue weighted by Gasteiger charge is 2.15. The number of hydrogen-bond acceptors (Lipinski definition) is 4. The lowest BCUT2D eigenvalue weighted by molar-refractivity contribution is 0.122. The van der Waals surface area contributed by atoms with Crippen molar-refractivity contribution in [1.29, 1.82) is 0 Å². The van der Waals surface area contributed by atoms with Crippen LogP contribution in [0.5, 0.6) is 0 Å². The Morgan fingerprint density at radius 2 is 1.90 bits per heavy atom. The fourth-order valence-corrected chi connectivity index (χ4v) is 4.19.